The van der Waals surface area contributed by atoms with Crippen molar-refractivity contribution in [3.63, 3.8) is 0 Å². The van der Waals surface area contributed by atoms with Crippen molar-refractivity contribution in [3.8, 4) is 5.75 Å². The molecule has 0 saturated heterocycles. The minimum atomic E-state index is -0.942. The molecular weight excluding hydrogens is 334 g/mol. The third-order valence-electron chi connectivity index (χ3n) is 3.63. The molecule has 0 saturated carbocycles. The molecule has 0 aliphatic rings. The van der Waals surface area contributed by atoms with Crippen LogP contribution in [0.3, 0.4) is 0 Å². The summed E-state index contributed by atoms with van der Waals surface area (Å²) in [6.07, 6.45) is 1.56. The van der Waals surface area contributed by atoms with E-state index in [-0.39, 0.29) is 0 Å². The van der Waals surface area contributed by atoms with Crippen molar-refractivity contribution in [3.05, 3.63) is 29.8 Å². The van der Waals surface area contributed by atoms with Crippen LogP contribution in [-0.4, -0.2) is 31.4 Å². The second-order valence-corrected chi connectivity index (χ2v) is 7.38. The monoisotopic (exact) mass is 365 g/mol. The Labute approximate surface area is 156 Å². The molecule has 1 aromatic carbocycles. The van der Waals surface area contributed by atoms with Gasteiger partial charge in [-0.3, -0.25) is 0 Å². The smallest absolute Gasteiger partial charge is 0.408 e. The van der Waals surface area contributed by atoms with Gasteiger partial charge in [-0.15, -0.1) is 0 Å². The number of carbonyl (C=O) groups excluding carboxylic acids is 2. The van der Waals surface area contributed by atoms with Gasteiger partial charge in [0.05, 0.1) is 13.7 Å². The molecule has 1 N–H and O–H groups in total. The maximum absolute atomic E-state index is 12.1. The topological polar surface area (TPSA) is 73.9 Å². The maximum Gasteiger partial charge on any atom is 0.408 e. The van der Waals surface area contributed by atoms with Gasteiger partial charge in [-0.05, 0) is 50.8 Å². The molecular formula is C20H31NO5. The van der Waals surface area contributed by atoms with Gasteiger partial charge in [0, 0.05) is 0 Å². The Hall–Kier alpha value is -2.24. The molecule has 0 aromatic heterocycles. The van der Waals surface area contributed by atoms with Gasteiger partial charge in [0.1, 0.15) is 11.4 Å². The summed E-state index contributed by atoms with van der Waals surface area (Å²) in [5.74, 6) is 0.634. The zero-order chi connectivity index (χ0) is 19.7. The molecule has 0 aliphatic carbocycles. The summed E-state index contributed by atoms with van der Waals surface area (Å²) in [5.41, 5.74) is -0.0610. The Bertz CT molecular complexity index is 577. The van der Waals surface area contributed by atoms with Gasteiger partial charge in [0.25, 0.3) is 0 Å². The van der Waals surface area contributed by atoms with Crippen LogP contribution in [0.25, 0.3) is 0 Å². The van der Waals surface area contributed by atoms with Crippen LogP contribution in [-0.2, 0) is 14.3 Å². The first-order valence-electron chi connectivity index (χ1n) is 8.96. The number of benzene rings is 1. The lowest BCUT2D eigenvalue weighted by molar-refractivity contribution is -0.143. The van der Waals surface area contributed by atoms with E-state index in [1.807, 2.05) is 0 Å². The van der Waals surface area contributed by atoms with Gasteiger partial charge < -0.3 is 19.5 Å². The number of rotatable bonds is 8. The standard InChI is InChI=1S/C20H31NO5/c1-7-8-14(2)13-25-16-11-9-15(10-12-16)17(18(22)24-6)21-19(23)26-20(3,4)5/h9-12,14,17H,7-8,13H2,1-6H3,(H,21,23)/t14-,17+/m0/s1. The van der Waals surface area contributed by atoms with Crippen LogP contribution in [0.4, 0.5) is 4.79 Å². The average molecular weight is 365 g/mol. The van der Waals surface area contributed by atoms with E-state index in [1.54, 1.807) is 45.0 Å². The van der Waals surface area contributed by atoms with Gasteiger partial charge >= 0.3 is 12.1 Å². The van der Waals surface area contributed by atoms with Gasteiger partial charge in [-0.25, -0.2) is 9.59 Å². The molecule has 2 atom stereocenters. The molecule has 146 valence electrons. The Balaban J connectivity index is 2.79. The van der Waals surface area contributed by atoms with Crippen molar-refractivity contribution in [1.82, 2.24) is 5.32 Å². The molecule has 6 nitrogen and oxygen atoms in total. The van der Waals surface area contributed by atoms with E-state index in [9.17, 15) is 9.59 Å². The van der Waals surface area contributed by atoms with Crippen molar-refractivity contribution in [2.24, 2.45) is 5.92 Å². The van der Waals surface area contributed by atoms with Crippen LogP contribution in [0.15, 0.2) is 24.3 Å². The van der Waals surface area contributed by atoms with Crippen LogP contribution >= 0.6 is 0 Å². The number of methoxy groups -OCH3 is 1. The summed E-state index contributed by atoms with van der Waals surface area (Å²) >= 11 is 0. The summed E-state index contributed by atoms with van der Waals surface area (Å²) < 4.78 is 15.8. The summed E-state index contributed by atoms with van der Waals surface area (Å²) in [6, 6.07) is 6.09. The number of hydrogen-bond acceptors (Lipinski definition) is 5. The first kappa shape index (κ1) is 21.8. The molecule has 0 radical (unpaired) electrons. The Morgan fingerprint density at radius 2 is 1.77 bits per heavy atom. The van der Waals surface area contributed by atoms with Gasteiger partial charge in [-0.1, -0.05) is 32.4 Å². The molecule has 0 bridgehead atoms. The van der Waals surface area contributed by atoms with Crippen molar-refractivity contribution >= 4 is 12.1 Å². The normalized spacial score (nSPS) is 13.5. The molecule has 1 rings (SSSR count). The van der Waals surface area contributed by atoms with Crippen molar-refractivity contribution < 1.29 is 23.8 Å². The van der Waals surface area contributed by atoms with E-state index in [1.165, 1.54) is 7.11 Å². The van der Waals surface area contributed by atoms with Crippen LogP contribution in [0.1, 0.15) is 59.1 Å². The van der Waals surface area contributed by atoms with Crippen molar-refractivity contribution in [1.29, 1.82) is 0 Å². The molecule has 0 fully saturated rings. The second-order valence-electron chi connectivity index (χ2n) is 7.38. The van der Waals surface area contributed by atoms with Crippen LogP contribution in [0.5, 0.6) is 5.75 Å². The van der Waals surface area contributed by atoms with E-state index < -0.39 is 23.7 Å². The lowest BCUT2D eigenvalue weighted by atomic mass is 10.1. The minimum Gasteiger partial charge on any atom is -0.493 e. The highest BCUT2D eigenvalue weighted by Crippen LogP contribution is 2.21. The SMILES string of the molecule is CCC[C@H](C)COc1ccc([C@@H](NC(=O)OC(C)(C)C)C(=O)OC)cc1. The molecule has 6 heteroatoms. The van der Waals surface area contributed by atoms with Gasteiger partial charge in [0.2, 0.25) is 0 Å². The summed E-state index contributed by atoms with van der Waals surface area (Å²) in [7, 11) is 1.28. The quantitative estimate of drug-likeness (QED) is 0.698. The second kappa shape index (κ2) is 10.0. The molecule has 0 spiro atoms. The van der Waals surface area contributed by atoms with E-state index in [2.05, 4.69) is 19.2 Å². The number of nitrogens with one attached hydrogen (secondary N) is 1. The number of hydrogen-bond donors (Lipinski definition) is 1. The van der Waals surface area contributed by atoms with E-state index in [4.69, 9.17) is 14.2 Å². The first-order valence-corrected chi connectivity index (χ1v) is 8.96. The van der Waals surface area contributed by atoms with E-state index in [0.29, 0.717) is 18.1 Å². The highest BCUT2D eigenvalue weighted by molar-refractivity contribution is 5.82. The number of carbonyl (C=O) groups is 2. The van der Waals surface area contributed by atoms with Crippen LogP contribution in [0, 0.1) is 5.92 Å². The van der Waals surface area contributed by atoms with Crippen molar-refractivity contribution in [2.45, 2.75) is 59.1 Å². The molecule has 1 amide bonds. The van der Waals surface area contributed by atoms with Crippen LogP contribution < -0.4 is 10.1 Å². The molecule has 26 heavy (non-hydrogen) atoms. The Kier molecular flexibility index (Phi) is 8.42. The first-order chi connectivity index (χ1) is 12.2. The highest BCUT2D eigenvalue weighted by Gasteiger charge is 2.26. The zero-order valence-electron chi connectivity index (χ0n) is 16.6. The number of alkyl carbamates (subject to hydrolysis) is 1. The number of amides is 1. The highest BCUT2D eigenvalue weighted by atomic mass is 16.6. The minimum absolute atomic E-state index is 0.483. The van der Waals surface area contributed by atoms with E-state index in [0.717, 1.165) is 18.6 Å². The number of esters is 1. The summed E-state index contributed by atoms with van der Waals surface area (Å²) in [6.45, 7) is 10.2. The molecule has 0 heterocycles. The predicted octanol–water partition coefficient (Wildman–Crippen LogP) is 4.24. The van der Waals surface area contributed by atoms with Gasteiger partial charge in [-0.2, -0.15) is 0 Å². The lowest BCUT2D eigenvalue weighted by Crippen LogP contribution is -2.38. The van der Waals surface area contributed by atoms with Crippen molar-refractivity contribution in [2.75, 3.05) is 13.7 Å². The molecule has 0 unspecified atom stereocenters. The maximum atomic E-state index is 12.1. The summed E-state index contributed by atoms with van der Waals surface area (Å²) in [5, 5.41) is 2.55. The Morgan fingerprint density at radius 3 is 2.27 bits per heavy atom. The molecule has 1 aromatic rings. The fourth-order valence-electron chi connectivity index (χ4n) is 2.39. The zero-order valence-corrected chi connectivity index (χ0v) is 16.6. The fourth-order valence-corrected chi connectivity index (χ4v) is 2.39. The lowest BCUT2D eigenvalue weighted by Gasteiger charge is -2.23. The average Bonchev–Trinajstić information content (AvgIpc) is 2.56. The third-order valence-corrected chi connectivity index (χ3v) is 3.63. The van der Waals surface area contributed by atoms with E-state index >= 15 is 0 Å². The predicted molar refractivity (Wildman–Crippen MR) is 100 cm³/mol. The third kappa shape index (κ3) is 7.76. The number of ether oxygens (including phenoxy) is 3. The largest absolute Gasteiger partial charge is 0.493 e. The summed E-state index contributed by atoms with van der Waals surface area (Å²) in [4.78, 5) is 24.1. The Morgan fingerprint density at radius 1 is 1.15 bits per heavy atom. The fraction of sp³-hybridized carbons (Fsp3) is 0.600. The van der Waals surface area contributed by atoms with Gasteiger partial charge in [0.15, 0.2) is 6.04 Å². The molecule has 0 aliphatic heterocycles. The van der Waals surface area contributed by atoms with Crippen LogP contribution in [0.2, 0.25) is 0 Å².